The summed E-state index contributed by atoms with van der Waals surface area (Å²) >= 11 is 13.7. The number of benzene rings is 2. The first-order valence-electron chi connectivity index (χ1n) is 8.47. The number of nitrogens with zero attached hydrogens (tertiary/aromatic N) is 3. The highest BCUT2D eigenvalue weighted by atomic mass is 35.5. The molecule has 0 amide bonds. The van der Waals surface area contributed by atoms with Crippen molar-refractivity contribution in [2.24, 2.45) is 5.14 Å². The van der Waals surface area contributed by atoms with Crippen LogP contribution < -0.4 is 9.88 Å². The third-order valence-electron chi connectivity index (χ3n) is 3.90. The summed E-state index contributed by atoms with van der Waals surface area (Å²) in [4.78, 5) is 0. The third kappa shape index (κ3) is 5.64. The summed E-state index contributed by atoms with van der Waals surface area (Å²) in [6, 6.07) is 12.5. The van der Waals surface area contributed by atoms with Gasteiger partial charge in [-0.05, 0) is 36.8 Å². The molecule has 3 rings (SSSR count). The van der Waals surface area contributed by atoms with Crippen molar-refractivity contribution in [3.05, 3.63) is 52.5 Å². The van der Waals surface area contributed by atoms with Crippen LogP contribution >= 0.6 is 35.0 Å². The van der Waals surface area contributed by atoms with E-state index >= 15 is 0 Å². The van der Waals surface area contributed by atoms with Crippen molar-refractivity contribution < 1.29 is 13.2 Å². The number of ether oxygens (including phenoxy) is 1. The lowest BCUT2D eigenvalue weighted by atomic mass is 10.2. The predicted octanol–water partition coefficient (Wildman–Crippen LogP) is 4.02. The van der Waals surface area contributed by atoms with E-state index in [-0.39, 0.29) is 5.75 Å². The lowest BCUT2D eigenvalue weighted by Crippen LogP contribution is -2.16. The normalized spacial score (nSPS) is 11.6. The van der Waals surface area contributed by atoms with Gasteiger partial charge in [0.1, 0.15) is 5.75 Å². The number of aromatic nitrogens is 3. The van der Waals surface area contributed by atoms with Crippen molar-refractivity contribution in [1.82, 2.24) is 14.8 Å². The van der Waals surface area contributed by atoms with Crippen LogP contribution in [-0.4, -0.2) is 41.8 Å². The largest absolute Gasteiger partial charge is 0.495 e. The van der Waals surface area contributed by atoms with Gasteiger partial charge >= 0.3 is 0 Å². The van der Waals surface area contributed by atoms with Gasteiger partial charge in [0.05, 0.1) is 18.6 Å². The molecule has 0 bridgehead atoms. The maximum absolute atomic E-state index is 11.2. The summed E-state index contributed by atoms with van der Waals surface area (Å²) < 4.78 is 29.6. The van der Waals surface area contributed by atoms with Crippen LogP contribution in [0.15, 0.2) is 47.6 Å². The van der Waals surface area contributed by atoms with E-state index in [2.05, 4.69) is 10.2 Å². The number of rotatable bonds is 8. The molecule has 0 spiro atoms. The second kappa shape index (κ2) is 9.36. The molecule has 2 N–H and O–H groups in total. The lowest BCUT2D eigenvalue weighted by molar-refractivity contribution is 0.412. The van der Waals surface area contributed by atoms with Crippen LogP contribution in [0.5, 0.6) is 5.75 Å². The Morgan fingerprint density at radius 1 is 1.14 bits per heavy atom. The van der Waals surface area contributed by atoms with Crippen LogP contribution in [0, 0.1) is 0 Å². The number of nitrogens with two attached hydrogens (primary N) is 1. The molecule has 0 atom stereocenters. The highest BCUT2D eigenvalue weighted by Crippen LogP contribution is 2.34. The first kappa shape index (κ1) is 21.9. The molecule has 0 aliphatic rings. The van der Waals surface area contributed by atoms with Crippen molar-refractivity contribution in [3.8, 4) is 22.8 Å². The molecule has 11 heteroatoms. The maximum Gasteiger partial charge on any atom is 0.209 e. The Kier molecular flexibility index (Phi) is 7.07. The number of hydrogen-bond acceptors (Lipinski definition) is 6. The topological polar surface area (TPSA) is 100 Å². The quantitative estimate of drug-likeness (QED) is 0.392. The summed E-state index contributed by atoms with van der Waals surface area (Å²) in [5.41, 5.74) is 1.43. The van der Waals surface area contributed by atoms with E-state index in [4.69, 9.17) is 33.1 Å². The molecule has 29 heavy (non-hydrogen) atoms. The highest BCUT2D eigenvalue weighted by molar-refractivity contribution is 7.99. The predicted molar refractivity (Wildman–Crippen MR) is 117 cm³/mol. The van der Waals surface area contributed by atoms with Crippen molar-refractivity contribution in [1.29, 1.82) is 0 Å². The Bertz CT molecular complexity index is 1120. The molecule has 3 aromatic rings. The van der Waals surface area contributed by atoms with E-state index in [1.807, 2.05) is 16.7 Å². The molecule has 0 aliphatic heterocycles. The highest BCUT2D eigenvalue weighted by Gasteiger charge is 2.20. The second-order valence-corrected chi connectivity index (χ2v) is 9.71. The Labute approximate surface area is 183 Å². The molecule has 0 saturated heterocycles. The SMILES string of the molecule is COc1ccc(Cl)cc1-n1c(SCCCS(N)(=O)=O)nnc1-c1cccc(Cl)c1. The standard InChI is InChI=1S/C18H18Cl2N4O3S2/c1-27-16-7-6-14(20)11-15(16)24-17(12-4-2-5-13(19)10-12)22-23-18(24)28-8-3-9-29(21,25)26/h2,4-7,10-11H,3,8-9H2,1H3,(H2,21,25,26). The molecule has 0 fully saturated rings. The molecule has 0 unspecified atom stereocenters. The number of primary sulfonamides is 1. The molecular weight excluding hydrogens is 455 g/mol. The number of halogens is 2. The Morgan fingerprint density at radius 3 is 2.59 bits per heavy atom. The first-order valence-corrected chi connectivity index (χ1v) is 11.9. The average molecular weight is 473 g/mol. The second-order valence-electron chi connectivity index (χ2n) is 6.04. The minimum Gasteiger partial charge on any atom is -0.495 e. The summed E-state index contributed by atoms with van der Waals surface area (Å²) in [5.74, 6) is 1.54. The van der Waals surface area contributed by atoms with E-state index < -0.39 is 10.0 Å². The summed E-state index contributed by atoms with van der Waals surface area (Å²) in [6.07, 6.45) is 0.384. The van der Waals surface area contributed by atoms with Crippen molar-refractivity contribution in [3.63, 3.8) is 0 Å². The van der Waals surface area contributed by atoms with E-state index in [1.54, 1.807) is 37.4 Å². The smallest absolute Gasteiger partial charge is 0.209 e. The van der Waals surface area contributed by atoms with E-state index in [0.29, 0.717) is 44.6 Å². The number of methoxy groups -OCH3 is 1. The Hall–Kier alpha value is -1.78. The maximum atomic E-state index is 11.2. The van der Waals surface area contributed by atoms with Crippen LogP contribution in [0.1, 0.15) is 6.42 Å². The minimum absolute atomic E-state index is 0.101. The molecule has 1 heterocycles. The summed E-state index contributed by atoms with van der Waals surface area (Å²) in [6.45, 7) is 0. The Morgan fingerprint density at radius 2 is 1.90 bits per heavy atom. The van der Waals surface area contributed by atoms with Crippen molar-refractivity contribution >= 4 is 45.0 Å². The fraction of sp³-hybridized carbons (Fsp3) is 0.222. The molecule has 154 valence electrons. The van der Waals surface area contributed by atoms with Gasteiger partial charge in [0.25, 0.3) is 0 Å². The Balaban J connectivity index is 2.05. The number of hydrogen-bond donors (Lipinski definition) is 1. The number of thioether (sulfide) groups is 1. The minimum atomic E-state index is -3.51. The summed E-state index contributed by atoms with van der Waals surface area (Å²) in [7, 11) is -1.94. The van der Waals surface area contributed by atoms with Crippen LogP contribution in [0.2, 0.25) is 10.0 Å². The average Bonchev–Trinajstić information content (AvgIpc) is 3.08. The van der Waals surface area contributed by atoms with Gasteiger partial charge in [-0.15, -0.1) is 10.2 Å². The molecule has 7 nitrogen and oxygen atoms in total. The lowest BCUT2D eigenvalue weighted by Gasteiger charge is -2.14. The molecular formula is C18H18Cl2N4O3S2. The first-order chi connectivity index (χ1) is 13.8. The molecule has 0 radical (unpaired) electrons. The van der Waals surface area contributed by atoms with Crippen molar-refractivity contribution in [2.75, 3.05) is 18.6 Å². The van der Waals surface area contributed by atoms with E-state index in [0.717, 1.165) is 5.56 Å². The van der Waals surface area contributed by atoms with Gasteiger partial charge in [-0.25, -0.2) is 13.6 Å². The molecule has 0 saturated carbocycles. The van der Waals surface area contributed by atoms with Crippen LogP contribution in [0.3, 0.4) is 0 Å². The van der Waals surface area contributed by atoms with Crippen LogP contribution in [-0.2, 0) is 10.0 Å². The van der Waals surface area contributed by atoms with Crippen molar-refractivity contribution in [2.45, 2.75) is 11.6 Å². The van der Waals surface area contributed by atoms with Gasteiger partial charge in [0, 0.05) is 21.4 Å². The molecule has 0 aliphatic carbocycles. The van der Waals surface area contributed by atoms with E-state index in [9.17, 15) is 8.42 Å². The van der Waals surface area contributed by atoms with Crippen LogP contribution in [0.25, 0.3) is 17.1 Å². The zero-order valence-corrected chi connectivity index (χ0v) is 18.5. The zero-order chi connectivity index (χ0) is 21.0. The summed E-state index contributed by atoms with van der Waals surface area (Å²) in [5, 5.41) is 15.3. The van der Waals surface area contributed by atoms with Gasteiger partial charge in [0.15, 0.2) is 11.0 Å². The fourth-order valence-electron chi connectivity index (χ4n) is 2.66. The third-order valence-corrected chi connectivity index (χ3v) is 6.25. The zero-order valence-electron chi connectivity index (χ0n) is 15.4. The van der Waals surface area contributed by atoms with E-state index in [1.165, 1.54) is 11.8 Å². The molecule has 2 aromatic carbocycles. The number of sulfonamides is 1. The van der Waals surface area contributed by atoms with Crippen LogP contribution in [0.4, 0.5) is 0 Å². The van der Waals surface area contributed by atoms with Gasteiger partial charge in [-0.3, -0.25) is 4.57 Å². The van der Waals surface area contributed by atoms with Gasteiger partial charge in [-0.1, -0.05) is 47.1 Å². The monoisotopic (exact) mass is 472 g/mol. The van der Waals surface area contributed by atoms with Gasteiger partial charge in [0.2, 0.25) is 10.0 Å². The fourth-order valence-corrected chi connectivity index (χ4v) is 4.63. The molecule has 1 aromatic heterocycles. The van der Waals surface area contributed by atoms with Gasteiger partial charge < -0.3 is 4.74 Å². The van der Waals surface area contributed by atoms with Gasteiger partial charge in [-0.2, -0.15) is 0 Å².